The Labute approximate surface area is 111 Å². The molecular formula is C11H21BrF2O2S. The summed E-state index contributed by atoms with van der Waals surface area (Å²) in [4.78, 5) is 0. The van der Waals surface area contributed by atoms with E-state index in [0.717, 1.165) is 12.8 Å². The Morgan fingerprint density at radius 3 is 1.65 bits per heavy atom. The molecule has 0 amide bonds. The smallest absolute Gasteiger partial charge is 0.223 e. The molecule has 0 rings (SSSR count). The maximum atomic E-state index is 14.0. The van der Waals surface area contributed by atoms with Crippen molar-refractivity contribution in [2.24, 2.45) is 0 Å². The summed E-state index contributed by atoms with van der Waals surface area (Å²) in [7, 11) is -4.40. The monoisotopic (exact) mass is 334 g/mol. The molecule has 2 nitrogen and oxygen atoms in total. The van der Waals surface area contributed by atoms with E-state index in [1.165, 1.54) is 0 Å². The van der Waals surface area contributed by atoms with E-state index in [1.807, 2.05) is 13.8 Å². The van der Waals surface area contributed by atoms with E-state index in [2.05, 4.69) is 15.9 Å². The lowest BCUT2D eigenvalue weighted by atomic mass is 9.96. The second-order valence-corrected chi connectivity index (χ2v) is 8.04. The number of alkyl halides is 3. The van der Waals surface area contributed by atoms with Crippen LogP contribution in [0.5, 0.6) is 0 Å². The fraction of sp³-hybridized carbons (Fsp3) is 1.00. The molecule has 0 saturated carbocycles. The van der Waals surface area contributed by atoms with Crippen LogP contribution >= 0.6 is 15.9 Å². The molecule has 6 heteroatoms. The fourth-order valence-electron chi connectivity index (χ4n) is 1.66. The topological polar surface area (TPSA) is 34.1 Å². The molecule has 0 fully saturated rings. The van der Waals surface area contributed by atoms with Crippen LogP contribution in [0, 0.1) is 0 Å². The minimum Gasteiger partial charge on any atom is -0.223 e. The number of halogens is 3. The van der Waals surface area contributed by atoms with E-state index in [-0.39, 0.29) is 12.8 Å². The van der Waals surface area contributed by atoms with E-state index in [0.29, 0.717) is 19.1 Å². The van der Waals surface area contributed by atoms with Gasteiger partial charge in [-0.05, 0) is 12.8 Å². The van der Waals surface area contributed by atoms with Crippen LogP contribution in [0.3, 0.4) is 0 Å². The summed E-state index contributed by atoms with van der Waals surface area (Å²) in [5, 5.41) is -3.72. The lowest BCUT2D eigenvalue weighted by Gasteiger charge is -2.34. The highest BCUT2D eigenvalue weighted by Crippen LogP contribution is 2.47. The summed E-state index contributed by atoms with van der Waals surface area (Å²) in [5.41, 5.74) is 0. The molecule has 0 saturated heterocycles. The van der Waals surface area contributed by atoms with Crippen molar-refractivity contribution in [1.82, 2.24) is 0 Å². The van der Waals surface area contributed by atoms with Crippen molar-refractivity contribution in [3.63, 3.8) is 0 Å². The molecule has 0 bridgehead atoms. The first-order valence-electron chi connectivity index (χ1n) is 5.88. The van der Waals surface area contributed by atoms with Crippen LogP contribution in [0.2, 0.25) is 0 Å². The van der Waals surface area contributed by atoms with Gasteiger partial charge in [0.1, 0.15) is 4.32 Å². The molecule has 104 valence electrons. The zero-order chi connectivity index (χ0) is 13.7. The fourth-order valence-corrected chi connectivity index (χ4v) is 3.97. The van der Waals surface area contributed by atoms with Gasteiger partial charge in [0.25, 0.3) is 0 Å². The lowest BCUT2D eigenvalue weighted by molar-refractivity contribution is 0.0403. The molecular weight excluding hydrogens is 314 g/mol. The van der Waals surface area contributed by atoms with Crippen LogP contribution in [0.15, 0.2) is 0 Å². The van der Waals surface area contributed by atoms with Crippen LogP contribution in [0.1, 0.15) is 52.4 Å². The van der Waals surface area contributed by atoms with Gasteiger partial charge in [0.15, 0.2) is 0 Å². The minimum absolute atomic E-state index is 0.170. The van der Waals surface area contributed by atoms with Gasteiger partial charge in [0, 0.05) is 6.26 Å². The van der Waals surface area contributed by atoms with Gasteiger partial charge in [-0.25, -0.2) is 8.42 Å². The van der Waals surface area contributed by atoms with E-state index < -0.39 is 19.4 Å². The summed E-state index contributed by atoms with van der Waals surface area (Å²) >= 11 is 3.02. The molecule has 0 aliphatic heterocycles. The highest BCUT2D eigenvalue weighted by atomic mass is 79.9. The highest BCUT2D eigenvalue weighted by Gasteiger charge is 2.58. The lowest BCUT2D eigenvalue weighted by Crippen LogP contribution is -2.48. The van der Waals surface area contributed by atoms with Crippen molar-refractivity contribution in [2.45, 2.75) is 62.0 Å². The maximum absolute atomic E-state index is 14.0. The van der Waals surface area contributed by atoms with Gasteiger partial charge in [0.05, 0.1) is 0 Å². The molecule has 0 N–H and O–H groups in total. The molecule has 0 aromatic rings. The quantitative estimate of drug-likeness (QED) is 0.625. The van der Waals surface area contributed by atoms with Crippen LogP contribution < -0.4 is 0 Å². The van der Waals surface area contributed by atoms with Crippen LogP contribution in [-0.4, -0.2) is 24.3 Å². The van der Waals surface area contributed by atoms with Crippen molar-refractivity contribution in [2.75, 3.05) is 6.26 Å². The Morgan fingerprint density at radius 2 is 1.41 bits per heavy atom. The number of hydrogen-bond donors (Lipinski definition) is 0. The van der Waals surface area contributed by atoms with E-state index in [9.17, 15) is 17.2 Å². The highest BCUT2D eigenvalue weighted by molar-refractivity contribution is 9.10. The van der Waals surface area contributed by atoms with Crippen molar-refractivity contribution in [1.29, 1.82) is 0 Å². The Balaban J connectivity index is 5.15. The summed E-state index contributed by atoms with van der Waals surface area (Å²) < 4.78 is 48.8. The normalized spacial score (nSPS) is 14.0. The Kier molecular flexibility index (Phi) is 6.56. The van der Waals surface area contributed by atoms with Gasteiger partial charge in [-0.3, -0.25) is 0 Å². The molecule has 0 radical (unpaired) electrons. The second kappa shape index (κ2) is 6.45. The van der Waals surface area contributed by atoms with Gasteiger partial charge in [-0.1, -0.05) is 55.5 Å². The number of hydrogen-bond acceptors (Lipinski definition) is 2. The molecule has 0 heterocycles. The summed E-state index contributed by atoms with van der Waals surface area (Å²) in [6.07, 6.45) is 3.63. The first-order chi connectivity index (χ1) is 7.62. The average Bonchev–Trinajstić information content (AvgIpc) is 2.21. The van der Waals surface area contributed by atoms with E-state index in [1.54, 1.807) is 0 Å². The van der Waals surface area contributed by atoms with Gasteiger partial charge >= 0.3 is 5.25 Å². The Hall–Kier alpha value is 0.290. The summed E-state index contributed by atoms with van der Waals surface area (Å²) in [6.45, 7) is 3.79. The molecule has 0 aromatic heterocycles. The third-order valence-electron chi connectivity index (χ3n) is 2.84. The van der Waals surface area contributed by atoms with Crippen molar-refractivity contribution in [3.8, 4) is 0 Å². The standard InChI is InChI=1S/C11H21BrF2O2S/c1-4-6-8-10(12,9-7-5-2)11(13,14)17(3,15)16/h4-9H2,1-3H3. The Morgan fingerprint density at radius 1 is 1.06 bits per heavy atom. The van der Waals surface area contributed by atoms with Crippen molar-refractivity contribution >= 4 is 25.8 Å². The second-order valence-electron chi connectivity index (χ2n) is 4.46. The van der Waals surface area contributed by atoms with Gasteiger partial charge in [-0.2, -0.15) is 8.78 Å². The SMILES string of the molecule is CCCCC(Br)(CCCC)C(F)(F)S(C)(=O)=O. The first-order valence-corrected chi connectivity index (χ1v) is 8.57. The molecule has 17 heavy (non-hydrogen) atoms. The van der Waals surface area contributed by atoms with Gasteiger partial charge < -0.3 is 0 Å². The Bertz CT molecular complexity index is 320. The zero-order valence-corrected chi connectivity index (χ0v) is 13.0. The molecule has 0 aromatic carbocycles. The number of sulfone groups is 1. The predicted octanol–water partition coefficient (Wildman–Crippen LogP) is 4.14. The van der Waals surface area contributed by atoms with Crippen LogP contribution in [-0.2, 0) is 9.84 Å². The molecule has 0 atom stereocenters. The number of unbranched alkanes of at least 4 members (excludes halogenated alkanes) is 2. The first kappa shape index (κ1) is 17.3. The number of rotatable bonds is 8. The third kappa shape index (κ3) is 4.16. The summed E-state index contributed by atoms with van der Waals surface area (Å²) in [6, 6.07) is 0. The minimum atomic E-state index is -4.40. The van der Waals surface area contributed by atoms with Crippen LogP contribution in [0.25, 0.3) is 0 Å². The van der Waals surface area contributed by atoms with Crippen molar-refractivity contribution in [3.05, 3.63) is 0 Å². The molecule has 0 aliphatic carbocycles. The zero-order valence-electron chi connectivity index (χ0n) is 10.6. The molecule has 0 aliphatic rings. The van der Waals surface area contributed by atoms with Gasteiger partial charge in [0.2, 0.25) is 9.84 Å². The molecule has 0 spiro atoms. The average molecular weight is 335 g/mol. The summed E-state index contributed by atoms with van der Waals surface area (Å²) in [5.74, 6) is 0. The predicted molar refractivity (Wildman–Crippen MR) is 70.5 cm³/mol. The van der Waals surface area contributed by atoms with Gasteiger partial charge in [-0.15, -0.1) is 0 Å². The van der Waals surface area contributed by atoms with E-state index in [4.69, 9.17) is 0 Å². The largest absolute Gasteiger partial charge is 0.360 e. The van der Waals surface area contributed by atoms with E-state index >= 15 is 0 Å². The van der Waals surface area contributed by atoms with Crippen LogP contribution in [0.4, 0.5) is 8.78 Å². The van der Waals surface area contributed by atoms with Crippen molar-refractivity contribution < 1.29 is 17.2 Å². The third-order valence-corrected chi connectivity index (χ3v) is 5.72. The molecule has 0 unspecified atom stereocenters. The maximum Gasteiger partial charge on any atom is 0.360 e.